The lowest BCUT2D eigenvalue weighted by atomic mass is 10.1. The second-order valence-electron chi connectivity index (χ2n) is 8.86. The summed E-state index contributed by atoms with van der Waals surface area (Å²) < 4.78 is 64.3. The number of pyridine rings is 2. The summed E-state index contributed by atoms with van der Waals surface area (Å²) in [7, 11) is -3.31. The third kappa shape index (κ3) is 6.21. The fraction of sp³-hybridized carbons (Fsp3) is 0.0690. The van der Waals surface area contributed by atoms with Gasteiger partial charge >= 0.3 is 6.18 Å². The van der Waals surface area contributed by atoms with E-state index in [0.29, 0.717) is 28.3 Å². The largest absolute Gasteiger partial charge is 0.416 e. The minimum atomic E-state index is -4.57. The van der Waals surface area contributed by atoms with Crippen LogP contribution in [0.3, 0.4) is 0 Å². The SMILES string of the molecule is CS(=O)(=O)c1ccc(Nc2cccn3c(C#Cc4ccccc4C(=O)Nc4cc(C(F)(F)F)ccn4)cnc23)cc1. The Balaban J connectivity index is 1.39. The molecule has 0 atom stereocenters. The van der Waals surface area contributed by atoms with Crippen LogP contribution in [0.5, 0.6) is 0 Å². The molecule has 0 radical (unpaired) electrons. The Kier molecular flexibility index (Phi) is 7.21. The Hall–Kier alpha value is -5.15. The van der Waals surface area contributed by atoms with Crippen LogP contribution >= 0.6 is 0 Å². The van der Waals surface area contributed by atoms with Crippen LogP contribution in [0, 0.1) is 11.8 Å². The third-order valence-corrected chi connectivity index (χ3v) is 7.05. The first-order valence-corrected chi connectivity index (χ1v) is 13.9. The highest BCUT2D eigenvalue weighted by Gasteiger charge is 2.31. The van der Waals surface area contributed by atoms with Gasteiger partial charge < -0.3 is 10.6 Å². The quantitative estimate of drug-likeness (QED) is 0.267. The molecule has 3 aromatic heterocycles. The maximum atomic E-state index is 13.0. The molecule has 206 valence electrons. The summed E-state index contributed by atoms with van der Waals surface area (Å²) in [6.45, 7) is 0. The van der Waals surface area contributed by atoms with Gasteiger partial charge in [0.05, 0.1) is 27.9 Å². The van der Waals surface area contributed by atoms with Crippen molar-refractivity contribution in [1.82, 2.24) is 14.4 Å². The lowest BCUT2D eigenvalue weighted by molar-refractivity contribution is -0.137. The van der Waals surface area contributed by atoms with Gasteiger partial charge in [0, 0.05) is 29.9 Å². The average molecular weight is 576 g/mol. The summed E-state index contributed by atoms with van der Waals surface area (Å²) in [5, 5.41) is 5.62. The highest BCUT2D eigenvalue weighted by molar-refractivity contribution is 7.90. The summed E-state index contributed by atoms with van der Waals surface area (Å²) in [5.74, 6) is 5.05. The number of imidazole rings is 1. The predicted molar refractivity (Wildman–Crippen MR) is 148 cm³/mol. The molecule has 5 aromatic rings. The molecule has 0 fully saturated rings. The zero-order valence-corrected chi connectivity index (χ0v) is 22.1. The number of carbonyl (C=O) groups is 1. The zero-order chi connectivity index (χ0) is 29.2. The highest BCUT2D eigenvalue weighted by atomic mass is 32.2. The van der Waals surface area contributed by atoms with Crippen molar-refractivity contribution in [1.29, 1.82) is 0 Å². The van der Waals surface area contributed by atoms with Gasteiger partial charge in [0.15, 0.2) is 15.5 Å². The third-order valence-electron chi connectivity index (χ3n) is 5.92. The predicted octanol–water partition coefficient (Wildman–Crippen LogP) is 5.55. The molecule has 2 N–H and O–H groups in total. The van der Waals surface area contributed by atoms with E-state index < -0.39 is 27.5 Å². The van der Waals surface area contributed by atoms with Crippen LogP contribution in [0.25, 0.3) is 5.65 Å². The number of benzene rings is 2. The second-order valence-corrected chi connectivity index (χ2v) is 10.9. The molecule has 41 heavy (non-hydrogen) atoms. The first-order valence-electron chi connectivity index (χ1n) is 12.0. The molecule has 0 bridgehead atoms. The second kappa shape index (κ2) is 10.8. The number of rotatable bonds is 5. The first-order chi connectivity index (χ1) is 19.5. The molecule has 3 heterocycles. The number of carbonyl (C=O) groups excluding carboxylic acids is 1. The molecule has 5 rings (SSSR count). The van der Waals surface area contributed by atoms with Crippen molar-refractivity contribution in [3.63, 3.8) is 0 Å². The molecule has 0 aliphatic carbocycles. The lowest BCUT2D eigenvalue weighted by Gasteiger charge is -2.10. The van der Waals surface area contributed by atoms with E-state index in [1.165, 1.54) is 18.2 Å². The maximum absolute atomic E-state index is 13.0. The Morgan fingerprint density at radius 2 is 1.71 bits per heavy atom. The van der Waals surface area contributed by atoms with Crippen LogP contribution < -0.4 is 10.6 Å². The highest BCUT2D eigenvalue weighted by Crippen LogP contribution is 2.30. The lowest BCUT2D eigenvalue weighted by Crippen LogP contribution is -2.15. The van der Waals surface area contributed by atoms with Gasteiger partial charge in [-0.15, -0.1) is 0 Å². The number of hydrogen-bond acceptors (Lipinski definition) is 6. The van der Waals surface area contributed by atoms with Crippen molar-refractivity contribution < 1.29 is 26.4 Å². The normalized spacial score (nSPS) is 11.5. The topological polar surface area (TPSA) is 105 Å². The number of alkyl halides is 3. The molecule has 8 nitrogen and oxygen atoms in total. The molecule has 0 aliphatic rings. The van der Waals surface area contributed by atoms with Crippen molar-refractivity contribution >= 4 is 38.6 Å². The van der Waals surface area contributed by atoms with Gasteiger partial charge in [-0.05, 0) is 66.6 Å². The first kappa shape index (κ1) is 27.4. The number of aromatic nitrogens is 3. The van der Waals surface area contributed by atoms with Gasteiger partial charge in [0.2, 0.25) is 0 Å². The van der Waals surface area contributed by atoms with Crippen LogP contribution in [-0.2, 0) is 16.0 Å². The molecule has 1 amide bonds. The van der Waals surface area contributed by atoms with Crippen LogP contribution in [0.4, 0.5) is 30.4 Å². The van der Waals surface area contributed by atoms with E-state index >= 15 is 0 Å². The van der Waals surface area contributed by atoms with Gasteiger partial charge in [-0.2, -0.15) is 13.2 Å². The molecule has 2 aromatic carbocycles. The number of fused-ring (bicyclic) bond motifs is 1. The molecule has 0 aliphatic heterocycles. The van der Waals surface area contributed by atoms with Crippen molar-refractivity contribution in [3.05, 3.63) is 114 Å². The number of halogens is 3. The van der Waals surface area contributed by atoms with Gasteiger partial charge in [-0.1, -0.05) is 18.1 Å². The van der Waals surface area contributed by atoms with Gasteiger partial charge in [-0.3, -0.25) is 9.20 Å². The van der Waals surface area contributed by atoms with Gasteiger partial charge in [0.25, 0.3) is 5.91 Å². The van der Waals surface area contributed by atoms with E-state index in [4.69, 9.17) is 0 Å². The Morgan fingerprint density at radius 1 is 0.951 bits per heavy atom. The fourth-order valence-corrected chi connectivity index (χ4v) is 4.55. The Bertz CT molecular complexity index is 1940. The Labute approximate surface area is 232 Å². The molecule has 0 spiro atoms. The fourth-order valence-electron chi connectivity index (χ4n) is 3.92. The van der Waals surface area contributed by atoms with Crippen LogP contribution in [0.15, 0.2) is 96.3 Å². The van der Waals surface area contributed by atoms with E-state index in [-0.39, 0.29) is 16.3 Å². The smallest absolute Gasteiger partial charge is 0.352 e. The van der Waals surface area contributed by atoms with Gasteiger partial charge in [-0.25, -0.2) is 18.4 Å². The molecule has 0 saturated heterocycles. The average Bonchev–Trinajstić information content (AvgIpc) is 3.35. The van der Waals surface area contributed by atoms with Crippen molar-refractivity contribution in [2.24, 2.45) is 0 Å². The summed E-state index contributed by atoms with van der Waals surface area (Å²) in [6, 6.07) is 18.0. The van der Waals surface area contributed by atoms with Crippen LogP contribution in [0.2, 0.25) is 0 Å². The molecule has 12 heteroatoms. The number of sulfone groups is 1. The van der Waals surface area contributed by atoms with E-state index in [0.717, 1.165) is 24.6 Å². The molecule has 0 unspecified atom stereocenters. The summed E-state index contributed by atoms with van der Waals surface area (Å²) in [4.78, 5) is 21.4. The number of amides is 1. The van der Waals surface area contributed by atoms with E-state index in [2.05, 4.69) is 32.4 Å². The maximum Gasteiger partial charge on any atom is 0.416 e. The van der Waals surface area contributed by atoms with E-state index in [9.17, 15) is 26.4 Å². The van der Waals surface area contributed by atoms with E-state index in [1.807, 2.05) is 6.07 Å². The molecule has 0 saturated carbocycles. The van der Waals surface area contributed by atoms with Crippen molar-refractivity contribution in [3.8, 4) is 11.8 Å². The van der Waals surface area contributed by atoms with Crippen molar-refractivity contribution in [2.75, 3.05) is 16.9 Å². The minimum Gasteiger partial charge on any atom is -0.352 e. The zero-order valence-electron chi connectivity index (χ0n) is 21.3. The Morgan fingerprint density at radius 3 is 2.44 bits per heavy atom. The molecular formula is C29H20F3N5O3S. The number of nitrogens with zero attached hydrogens (tertiary/aromatic N) is 3. The molecular weight excluding hydrogens is 555 g/mol. The van der Waals surface area contributed by atoms with E-state index in [1.54, 1.807) is 53.2 Å². The number of anilines is 3. The monoisotopic (exact) mass is 575 g/mol. The van der Waals surface area contributed by atoms with Crippen LogP contribution in [-0.4, -0.2) is 34.9 Å². The summed E-state index contributed by atoms with van der Waals surface area (Å²) in [5.41, 5.74) is 1.98. The minimum absolute atomic E-state index is 0.160. The summed E-state index contributed by atoms with van der Waals surface area (Å²) in [6.07, 6.45) is 0.875. The van der Waals surface area contributed by atoms with Crippen molar-refractivity contribution in [2.45, 2.75) is 11.1 Å². The standard InChI is InChI=1S/C29H20F3N5O3S/c1-41(39,40)23-12-9-21(10-13-23)35-25-7-4-16-37-22(18-34-27(25)37)11-8-19-5-2-3-6-24(19)28(38)36-26-17-20(14-15-33-26)29(30,31)32/h2-7,9-10,12-18,35H,1H3,(H,33,36,38). The van der Waals surface area contributed by atoms with Gasteiger partial charge in [0.1, 0.15) is 11.5 Å². The number of nitrogens with one attached hydrogen (secondary N) is 2. The number of hydrogen-bond donors (Lipinski definition) is 2. The van der Waals surface area contributed by atoms with Crippen LogP contribution in [0.1, 0.15) is 27.2 Å². The summed E-state index contributed by atoms with van der Waals surface area (Å²) >= 11 is 0.